The number of alkyl halides is 3. The zero-order chi connectivity index (χ0) is 14.6. The third kappa shape index (κ3) is 4.68. The molecule has 0 unspecified atom stereocenters. The normalized spacial score (nSPS) is 11.6. The molecule has 2 aromatic rings. The standard InChI is InChI=1S/C13H11ClF3NOS/c14-12-6-5-9(19-12)7-18-10-3-1-2-4-11(10)20-8-13(15,16)17/h1-6,18H,7-8H2. The van der Waals surface area contributed by atoms with Crippen molar-refractivity contribution in [3.8, 4) is 0 Å². The number of benzene rings is 1. The van der Waals surface area contributed by atoms with E-state index in [0.717, 1.165) is 11.8 Å². The van der Waals surface area contributed by atoms with E-state index >= 15 is 0 Å². The number of thioether (sulfide) groups is 1. The van der Waals surface area contributed by atoms with Crippen LogP contribution < -0.4 is 5.32 Å². The second-order valence-corrected chi connectivity index (χ2v) is 5.35. The first kappa shape index (κ1) is 15.1. The monoisotopic (exact) mass is 321 g/mol. The summed E-state index contributed by atoms with van der Waals surface area (Å²) in [5.41, 5.74) is 0.634. The van der Waals surface area contributed by atoms with Gasteiger partial charge in [0.1, 0.15) is 5.76 Å². The van der Waals surface area contributed by atoms with Crippen molar-refractivity contribution in [3.63, 3.8) is 0 Å². The molecular formula is C13H11ClF3NOS. The lowest BCUT2D eigenvalue weighted by atomic mass is 10.3. The Bertz CT molecular complexity index is 571. The van der Waals surface area contributed by atoms with Gasteiger partial charge in [-0.15, -0.1) is 11.8 Å². The van der Waals surface area contributed by atoms with Crippen molar-refractivity contribution < 1.29 is 17.6 Å². The van der Waals surface area contributed by atoms with Crippen LogP contribution in [0.15, 0.2) is 45.7 Å². The molecular weight excluding hydrogens is 311 g/mol. The molecule has 1 heterocycles. The van der Waals surface area contributed by atoms with Gasteiger partial charge in [-0.05, 0) is 35.9 Å². The Hall–Kier alpha value is -1.27. The third-order valence-electron chi connectivity index (χ3n) is 2.36. The predicted molar refractivity (Wildman–Crippen MR) is 74.3 cm³/mol. The Balaban J connectivity index is 2.00. The minimum Gasteiger partial charge on any atom is -0.448 e. The van der Waals surface area contributed by atoms with E-state index in [1.165, 1.54) is 0 Å². The van der Waals surface area contributed by atoms with Crippen LogP contribution in [-0.2, 0) is 6.54 Å². The fourth-order valence-electron chi connectivity index (χ4n) is 1.53. The molecule has 0 fully saturated rings. The second kappa shape index (κ2) is 6.45. The summed E-state index contributed by atoms with van der Waals surface area (Å²) in [5.74, 6) is -0.302. The number of rotatable bonds is 5. The van der Waals surface area contributed by atoms with Crippen molar-refractivity contribution in [1.82, 2.24) is 0 Å². The van der Waals surface area contributed by atoms with Crippen molar-refractivity contribution in [3.05, 3.63) is 47.4 Å². The molecule has 0 radical (unpaired) electrons. The zero-order valence-electron chi connectivity index (χ0n) is 10.2. The van der Waals surface area contributed by atoms with Crippen LogP contribution in [0.25, 0.3) is 0 Å². The van der Waals surface area contributed by atoms with Crippen molar-refractivity contribution in [2.45, 2.75) is 17.6 Å². The van der Waals surface area contributed by atoms with Gasteiger partial charge in [0.2, 0.25) is 0 Å². The molecule has 0 aliphatic carbocycles. The average molecular weight is 322 g/mol. The van der Waals surface area contributed by atoms with Crippen molar-refractivity contribution in [1.29, 1.82) is 0 Å². The number of halogens is 4. The van der Waals surface area contributed by atoms with Crippen LogP contribution >= 0.6 is 23.4 Å². The molecule has 1 N–H and O–H groups in total. The first-order valence-electron chi connectivity index (χ1n) is 5.71. The van der Waals surface area contributed by atoms with E-state index in [9.17, 15) is 13.2 Å². The zero-order valence-corrected chi connectivity index (χ0v) is 11.8. The largest absolute Gasteiger partial charge is 0.448 e. The van der Waals surface area contributed by atoms with E-state index in [-0.39, 0.29) is 5.22 Å². The van der Waals surface area contributed by atoms with Gasteiger partial charge >= 0.3 is 6.18 Å². The summed E-state index contributed by atoms with van der Waals surface area (Å²) in [6.45, 7) is 0.357. The Labute approximate surface area is 123 Å². The van der Waals surface area contributed by atoms with Crippen LogP contribution in [0.5, 0.6) is 0 Å². The second-order valence-electron chi connectivity index (χ2n) is 3.96. The number of hydrogen-bond donors (Lipinski definition) is 1. The van der Waals surface area contributed by atoms with E-state index in [0.29, 0.717) is 22.9 Å². The Morgan fingerprint density at radius 3 is 2.55 bits per heavy atom. The number of para-hydroxylation sites is 1. The molecule has 2 rings (SSSR count). The molecule has 20 heavy (non-hydrogen) atoms. The first-order chi connectivity index (χ1) is 9.44. The van der Waals surface area contributed by atoms with Gasteiger partial charge in [-0.1, -0.05) is 12.1 Å². The van der Waals surface area contributed by atoms with Crippen LogP contribution in [0, 0.1) is 0 Å². The van der Waals surface area contributed by atoms with Gasteiger partial charge in [-0.3, -0.25) is 0 Å². The summed E-state index contributed by atoms with van der Waals surface area (Å²) >= 11 is 6.40. The Morgan fingerprint density at radius 1 is 1.15 bits per heavy atom. The molecule has 0 saturated carbocycles. The predicted octanol–water partition coefficient (Wildman–Crippen LogP) is 5.20. The van der Waals surface area contributed by atoms with Crippen LogP contribution in [0.4, 0.5) is 18.9 Å². The molecule has 0 amide bonds. The number of anilines is 1. The maximum atomic E-state index is 12.3. The highest BCUT2D eigenvalue weighted by atomic mass is 35.5. The number of furan rings is 1. The Morgan fingerprint density at radius 2 is 1.90 bits per heavy atom. The van der Waals surface area contributed by atoms with E-state index in [1.807, 2.05) is 0 Å². The molecule has 0 aliphatic rings. The van der Waals surface area contributed by atoms with Gasteiger partial charge in [0.15, 0.2) is 5.22 Å². The topological polar surface area (TPSA) is 25.2 Å². The number of hydrogen-bond acceptors (Lipinski definition) is 3. The summed E-state index contributed by atoms with van der Waals surface area (Å²) in [6.07, 6.45) is -4.19. The van der Waals surface area contributed by atoms with Crippen molar-refractivity contribution in [2.75, 3.05) is 11.1 Å². The first-order valence-corrected chi connectivity index (χ1v) is 7.07. The van der Waals surface area contributed by atoms with Crippen LogP contribution in [-0.4, -0.2) is 11.9 Å². The molecule has 108 valence electrons. The van der Waals surface area contributed by atoms with Crippen LogP contribution in [0.3, 0.4) is 0 Å². The maximum Gasteiger partial charge on any atom is 0.398 e. The highest BCUT2D eigenvalue weighted by Crippen LogP contribution is 2.32. The van der Waals surface area contributed by atoms with Crippen LogP contribution in [0.2, 0.25) is 5.22 Å². The summed E-state index contributed by atoms with van der Waals surface area (Å²) in [7, 11) is 0. The smallest absolute Gasteiger partial charge is 0.398 e. The van der Waals surface area contributed by atoms with E-state index in [2.05, 4.69) is 5.32 Å². The fraction of sp³-hybridized carbons (Fsp3) is 0.231. The molecule has 0 spiro atoms. The Kier molecular flexibility index (Phi) is 4.88. The minimum atomic E-state index is -4.19. The molecule has 0 bridgehead atoms. The fourth-order valence-corrected chi connectivity index (χ4v) is 2.48. The SMILES string of the molecule is FC(F)(F)CSc1ccccc1NCc1ccc(Cl)o1. The van der Waals surface area contributed by atoms with Crippen molar-refractivity contribution >= 4 is 29.1 Å². The molecule has 1 aromatic heterocycles. The highest BCUT2D eigenvalue weighted by molar-refractivity contribution is 7.99. The molecule has 0 aliphatic heterocycles. The van der Waals surface area contributed by atoms with E-state index < -0.39 is 11.9 Å². The lowest BCUT2D eigenvalue weighted by Gasteiger charge is -2.11. The van der Waals surface area contributed by atoms with Gasteiger partial charge < -0.3 is 9.73 Å². The third-order valence-corrected chi connectivity index (χ3v) is 3.70. The lowest BCUT2D eigenvalue weighted by molar-refractivity contribution is -0.105. The van der Waals surface area contributed by atoms with Crippen LogP contribution in [0.1, 0.15) is 5.76 Å². The van der Waals surface area contributed by atoms with Crippen molar-refractivity contribution in [2.24, 2.45) is 0 Å². The van der Waals surface area contributed by atoms with Gasteiger partial charge in [0.05, 0.1) is 12.3 Å². The van der Waals surface area contributed by atoms with Gasteiger partial charge in [-0.2, -0.15) is 13.2 Å². The lowest BCUT2D eigenvalue weighted by Crippen LogP contribution is -2.11. The van der Waals surface area contributed by atoms with E-state index in [4.69, 9.17) is 16.0 Å². The highest BCUT2D eigenvalue weighted by Gasteiger charge is 2.27. The van der Waals surface area contributed by atoms with Gasteiger partial charge in [-0.25, -0.2) is 0 Å². The molecule has 0 atom stereocenters. The van der Waals surface area contributed by atoms with E-state index in [1.54, 1.807) is 36.4 Å². The molecule has 7 heteroatoms. The quantitative estimate of drug-likeness (QED) is 0.766. The summed E-state index contributed by atoms with van der Waals surface area (Å²) < 4.78 is 41.9. The summed E-state index contributed by atoms with van der Waals surface area (Å²) in [6, 6.07) is 10.2. The summed E-state index contributed by atoms with van der Waals surface area (Å²) in [5, 5.41) is 3.32. The number of nitrogens with one attached hydrogen (secondary N) is 1. The molecule has 1 aromatic carbocycles. The summed E-state index contributed by atoms with van der Waals surface area (Å²) in [4.78, 5) is 0.544. The van der Waals surface area contributed by atoms with Gasteiger partial charge in [0.25, 0.3) is 0 Å². The maximum absolute atomic E-state index is 12.3. The average Bonchev–Trinajstić information content (AvgIpc) is 2.80. The molecule has 0 saturated heterocycles. The minimum absolute atomic E-state index is 0.279. The molecule has 2 nitrogen and oxygen atoms in total. The van der Waals surface area contributed by atoms with Gasteiger partial charge in [0, 0.05) is 10.6 Å².